The van der Waals surface area contributed by atoms with Crippen LogP contribution >= 0.6 is 0 Å². The monoisotopic (exact) mass is 184 g/mol. The van der Waals surface area contributed by atoms with E-state index in [0.717, 1.165) is 18.4 Å². The molecule has 0 heterocycles. The quantitative estimate of drug-likeness (QED) is 0.650. The average Bonchev–Trinajstić information content (AvgIpc) is 2.59. The van der Waals surface area contributed by atoms with Crippen molar-refractivity contribution in [3.8, 4) is 0 Å². The van der Waals surface area contributed by atoms with Crippen LogP contribution in [0.3, 0.4) is 0 Å². The van der Waals surface area contributed by atoms with E-state index >= 15 is 0 Å². The third kappa shape index (κ3) is 4.66. The molecule has 13 heavy (non-hydrogen) atoms. The van der Waals surface area contributed by atoms with Gasteiger partial charge < -0.3 is 4.74 Å². The first-order chi connectivity index (χ1) is 5.88. The van der Waals surface area contributed by atoms with Crippen LogP contribution in [0.5, 0.6) is 0 Å². The van der Waals surface area contributed by atoms with E-state index in [9.17, 15) is 0 Å². The van der Waals surface area contributed by atoms with Crippen molar-refractivity contribution in [3.63, 3.8) is 0 Å². The summed E-state index contributed by atoms with van der Waals surface area (Å²) < 4.78 is 5.61. The highest BCUT2D eigenvalue weighted by atomic mass is 16.5. The summed E-state index contributed by atoms with van der Waals surface area (Å²) in [6.45, 7) is 12.2. The van der Waals surface area contributed by atoms with Crippen molar-refractivity contribution >= 4 is 0 Å². The Morgan fingerprint density at radius 2 is 1.85 bits per heavy atom. The Kier molecular flexibility index (Phi) is 3.39. The summed E-state index contributed by atoms with van der Waals surface area (Å²) in [6.07, 6.45) is 3.15. The zero-order chi connectivity index (χ0) is 10.1. The molecule has 1 heteroatoms. The molecule has 1 nitrogen and oxygen atoms in total. The predicted molar refractivity (Wildman–Crippen MR) is 56.8 cm³/mol. The molecule has 1 fully saturated rings. The number of hydrogen-bond acceptors (Lipinski definition) is 1. The Labute approximate surface area is 82.9 Å². The lowest BCUT2D eigenvalue weighted by atomic mass is 9.89. The van der Waals surface area contributed by atoms with Crippen LogP contribution in [0.15, 0.2) is 0 Å². The first-order valence-electron chi connectivity index (χ1n) is 5.50. The van der Waals surface area contributed by atoms with Gasteiger partial charge in [0.05, 0.1) is 12.7 Å². The van der Waals surface area contributed by atoms with E-state index < -0.39 is 0 Å². The molecule has 0 radical (unpaired) electrons. The largest absolute Gasteiger partial charge is 0.378 e. The maximum atomic E-state index is 5.61. The van der Waals surface area contributed by atoms with E-state index in [0.29, 0.717) is 11.5 Å². The molecule has 0 amide bonds. The van der Waals surface area contributed by atoms with Gasteiger partial charge in [0.1, 0.15) is 0 Å². The standard InChI is InChI=1S/C12H24O/c1-9(2)13-8-11-6-10(11)7-12(3,4)5/h9-11H,6-8H2,1-5H3. The molecule has 78 valence electrons. The van der Waals surface area contributed by atoms with Gasteiger partial charge in [-0.2, -0.15) is 0 Å². The molecule has 0 spiro atoms. The fourth-order valence-electron chi connectivity index (χ4n) is 1.87. The van der Waals surface area contributed by atoms with Crippen molar-refractivity contribution in [1.29, 1.82) is 0 Å². The van der Waals surface area contributed by atoms with E-state index in [1.54, 1.807) is 0 Å². The zero-order valence-corrected chi connectivity index (χ0v) is 9.76. The van der Waals surface area contributed by atoms with Crippen molar-refractivity contribution in [3.05, 3.63) is 0 Å². The Bertz CT molecular complexity index is 155. The zero-order valence-electron chi connectivity index (χ0n) is 9.76. The second kappa shape index (κ2) is 4.00. The van der Waals surface area contributed by atoms with Crippen LogP contribution in [-0.4, -0.2) is 12.7 Å². The molecule has 1 rings (SSSR count). The van der Waals surface area contributed by atoms with Gasteiger partial charge >= 0.3 is 0 Å². The minimum absolute atomic E-state index is 0.399. The van der Waals surface area contributed by atoms with Gasteiger partial charge in [0.2, 0.25) is 0 Å². The molecule has 0 aliphatic heterocycles. The lowest BCUT2D eigenvalue weighted by Gasteiger charge is -2.17. The van der Waals surface area contributed by atoms with Crippen molar-refractivity contribution in [2.75, 3.05) is 6.61 Å². The normalized spacial score (nSPS) is 28.2. The minimum Gasteiger partial charge on any atom is -0.378 e. The highest BCUT2D eigenvalue weighted by Crippen LogP contribution is 2.46. The van der Waals surface area contributed by atoms with Crippen LogP contribution in [-0.2, 0) is 4.74 Å². The summed E-state index contributed by atoms with van der Waals surface area (Å²) in [7, 11) is 0. The fraction of sp³-hybridized carbons (Fsp3) is 1.00. The third-order valence-electron chi connectivity index (χ3n) is 2.59. The molecule has 0 aromatic carbocycles. The molecule has 0 bridgehead atoms. The van der Waals surface area contributed by atoms with E-state index in [2.05, 4.69) is 34.6 Å². The van der Waals surface area contributed by atoms with Crippen molar-refractivity contribution < 1.29 is 4.74 Å². The summed E-state index contributed by atoms with van der Waals surface area (Å²) >= 11 is 0. The SMILES string of the molecule is CC(C)OCC1CC1CC(C)(C)C. The van der Waals surface area contributed by atoms with Crippen LogP contribution in [0.1, 0.15) is 47.5 Å². The number of hydrogen-bond donors (Lipinski definition) is 0. The molecule has 2 atom stereocenters. The van der Waals surface area contributed by atoms with Crippen LogP contribution in [0.2, 0.25) is 0 Å². The maximum absolute atomic E-state index is 5.61. The lowest BCUT2D eigenvalue weighted by Crippen LogP contribution is -2.09. The van der Waals surface area contributed by atoms with Crippen LogP contribution in [0, 0.1) is 17.3 Å². The van der Waals surface area contributed by atoms with Crippen molar-refractivity contribution in [2.45, 2.75) is 53.6 Å². The second-order valence-electron chi connectivity index (χ2n) is 5.90. The van der Waals surface area contributed by atoms with Crippen molar-refractivity contribution in [2.24, 2.45) is 17.3 Å². The molecular formula is C12H24O. The maximum Gasteiger partial charge on any atom is 0.0519 e. The van der Waals surface area contributed by atoms with E-state index in [1.165, 1.54) is 12.8 Å². The first kappa shape index (κ1) is 11.0. The van der Waals surface area contributed by atoms with Crippen LogP contribution in [0.25, 0.3) is 0 Å². The lowest BCUT2D eigenvalue weighted by molar-refractivity contribution is 0.0667. The minimum atomic E-state index is 0.399. The molecule has 0 aromatic rings. The fourth-order valence-corrected chi connectivity index (χ4v) is 1.87. The van der Waals surface area contributed by atoms with Gasteiger partial charge in [-0.3, -0.25) is 0 Å². The van der Waals surface area contributed by atoms with Crippen LogP contribution in [0.4, 0.5) is 0 Å². The van der Waals surface area contributed by atoms with Crippen molar-refractivity contribution in [1.82, 2.24) is 0 Å². The third-order valence-corrected chi connectivity index (χ3v) is 2.59. The predicted octanol–water partition coefficient (Wildman–Crippen LogP) is 3.48. The molecule has 0 aromatic heterocycles. The highest BCUT2D eigenvalue weighted by Gasteiger charge is 2.39. The van der Waals surface area contributed by atoms with Gasteiger partial charge in [0.25, 0.3) is 0 Å². The number of rotatable bonds is 4. The smallest absolute Gasteiger partial charge is 0.0519 e. The Hall–Kier alpha value is -0.0400. The second-order valence-corrected chi connectivity index (χ2v) is 5.90. The molecular weight excluding hydrogens is 160 g/mol. The summed E-state index contributed by atoms with van der Waals surface area (Å²) in [5, 5.41) is 0. The average molecular weight is 184 g/mol. The van der Waals surface area contributed by atoms with Gasteiger partial charge in [-0.25, -0.2) is 0 Å². The van der Waals surface area contributed by atoms with Gasteiger partial charge in [-0.05, 0) is 43.9 Å². The first-order valence-corrected chi connectivity index (χ1v) is 5.50. The Balaban J connectivity index is 2.09. The van der Waals surface area contributed by atoms with Crippen LogP contribution < -0.4 is 0 Å². The summed E-state index contributed by atoms with van der Waals surface area (Å²) in [6, 6.07) is 0. The van der Waals surface area contributed by atoms with Gasteiger partial charge in [-0.15, -0.1) is 0 Å². The van der Waals surface area contributed by atoms with E-state index in [-0.39, 0.29) is 0 Å². The molecule has 2 unspecified atom stereocenters. The topological polar surface area (TPSA) is 9.23 Å². The van der Waals surface area contributed by atoms with E-state index in [4.69, 9.17) is 4.74 Å². The Morgan fingerprint density at radius 3 is 2.31 bits per heavy atom. The molecule has 0 N–H and O–H groups in total. The summed E-state index contributed by atoms with van der Waals surface area (Å²) in [5.74, 6) is 1.81. The number of ether oxygens (including phenoxy) is 1. The Morgan fingerprint density at radius 1 is 1.23 bits per heavy atom. The van der Waals surface area contributed by atoms with E-state index in [1.807, 2.05) is 0 Å². The van der Waals surface area contributed by atoms with Gasteiger partial charge in [-0.1, -0.05) is 20.8 Å². The highest BCUT2D eigenvalue weighted by molar-refractivity contribution is 4.88. The molecule has 0 saturated heterocycles. The molecule has 1 saturated carbocycles. The molecule has 1 aliphatic rings. The van der Waals surface area contributed by atoms with Gasteiger partial charge in [0.15, 0.2) is 0 Å². The molecule has 1 aliphatic carbocycles. The summed E-state index contributed by atoms with van der Waals surface area (Å²) in [4.78, 5) is 0. The summed E-state index contributed by atoms with van der Waals surface area (Å²) in [5.41, 5.74) is 0.497. The van der Waals surface area contributed by atoms with Gasteiger partial charge in [0, 0.05) is 0 Å².